The third-order valence-corrected chi connectivity index (χ3v) is 3.24. The van der Waals surface area contributed by atoms with E-state index >= 15 is 0 Å². The number of hydrogen-bond donors (Lipinski definition) is 1. The van der Waals surface area contributed by atoms with Crippen molar-refractivity contribution in [2.45, 2.75) is 13.5 Å². The Hall–Kier alpha value is -1.68. The molecule has 2 aromatic rings. The van der Waals surface area contributed by atoms with Gasteiger partial charge in [-0.2, -0.15) is 0 Å². The predicted octanol–water partition coefficient (Wildman–Crippen LogP) is 3.83. The summed E-state index contributed by atoms with van der Waals surface area (Å²) < 4.78 is 14.2. The molecule has 2 rings (SSSR count). The molecule has 0 saturated carbocycles. The molecule has 0 fully saturated rings. The predicted molar refractivity (Wildman–Crippen MR) is 76.4 cm³/mol. The summed E-state index contributed by atoms with van der Waals surface area (Å²) in [7, 11) is 0. The van der Waals surface area contributed by atoms with Crippen molar-refractivity contribution >= 4 is 21.8 Å². The minimum Gasteiger partial charge on any atom is -0.348 e. The molecule has 0 aromatic heterocycles. The summed E-state index contributed by atoms with van der Waals surface area (Å²) in [5.41, 5.74) is 2.18. The van der Waals surface area contributed by atoms with Gasteiger partial charge in [0.05, 0.1) is 5.56 Å². The second-order valence-electron chi connectivity index (χ2n) is 4.29. The standard InChI is InChI=1S/C15H13BrFNO/c1-10-2-4-11(5-3-10)9-18-15(19)13-8-12(16)6-7-14(13)17/h2-8H,9H2,1H3,(H,18,19). The first-order valence-corrected chi connectivity index (χ1v) is 6.64. The van der Waals surface area contributed by atoms with Gasteiger partial charge in [0.15, 0.2) is 0 Å². The third-order valence-electron chi connectivity index (χ3n) is 2.75. The van der Waals surface area contributed by atoms with Crippen LogP contribution in [-0.4, -0.2) is 5.91 Å². The maximum Gasteiger partial charge on any atom is 0.254 e. The van der Waals surface area contributed by atoms with Gasteiger partial charge in [-0.3, -0.25) is 4.79 Å². The lowest BCUT2D eigenvalue weighted by molar-refractivity contribution is 0.0947. The molecule has 0 spiro atoms. The second kappa shape index (κ2) is 5.97. The van der Waals surface area contributed by atoms with E-state index in [1.807, 2.05) is 31.2 Å². The zero-order valence-electron chi connectivity index (χ0n) is 10.4. The maximum absolute atomic E-state index is 13.5. The lowest BCUT2D eigenvalue weighted by Crippen LogP contribution is -2.23. The fraction of sp³-hybridized carbons (Fsp3) is 0.133. The molecule has 1 amide bonds. The van der Waals surface area contributed by atoms with Crippen LogP contribution in [0.5, 0.6) is 0 Å². The minimum absolute atomic E-state index is 0.0430. The molecule has 2 aromatic carbocycles. The van der Waals surface area contributed by atoms with Gasteiger partial charge in [-0.15, -0.1) is 0 Å². The Morgan fingerprint density at radius 2 is 1.89 bits per heavy atom. The van der Waals surface area contributed by atoms with Crippen molar-refractivity contribution in [1.29, 1.82) is 0 Å². The highest BCUT2D eigenvalue weighted by Crippen LogP contribution is 2.15. The smallest absolute Gasteiger partial charge is 0.254 e. The fourth-order valence-electron chi connectivity index (χ4n) is 1.65. The van der Waals surface area contributed by atoms with E-state index in [2.05, 4.69) is 21.2 Å². The van der Waals surface area contributed by atoms with E-state index < -0.39 is 11.7 Å². The number of aryl methyl sites for hydroxylation is 1. The zero-order valence-corrected chi connectivity index (χ0v) is 12.0. The molecule has 98 valence electrons. The largest absolute Gasteiger partial charge is 0.348 e. The summed E-state index contributed by atoms with van der Waals surface area (Å²) in [5, 5.41) is 2.70. The van der Waals surface area contributed by atoms with Crippen LogP contribution in [0.15, 0.2) is 46.9 Å². The monoisotopic (exact) mass is 321 g/mol. The van der Waals surface area contributed by atoms with Gasteiger partial charge in [0.1, 0.15) is 5.82 Å². The van der Waals surface area contributed by atoms with Crippen molar-refractivity contribution in [2.24, 2.45) is 0 Å². The Bertz CT molecular complexity index is 596. The third kappa shape index (κ3) is 3.64. The lowest BCUT2D eigenvalue weighted by Gasteiger charge is -2.07. The Morgan fingerprint density at radius 3 is 2.58 bits per heavy atom. The number of amides is 1. The van der Waals surface area contributed by atoms with Gasteiger partial charge in [-0.1, -0.05) is 45.8 Å². The molecule has 19 heavy (non-hydrogen) atoms. The van der Waals surface area contributed by atoms with Crippen molar-refractivity contribution in [3.63, 3.8) is 0 Å². The molecule has 0 unspecified atom stereocenters. The highest BCUT2D eigenvalue weighted by Gasteiger charge is 2.11. The van der Waals surface area contributed by atoms with Crippen LogP contribution in [0, 0.1) is 12.7 Å². The van der Waals surface area contributed by atoms with Crippen LogP contribution in [0.4, 0.5) is 4.39 Å². The van der Waals surface area contributed by atoms with Gasteiger partial charge >= 0.3 is 0 Å². The molecule has 2 nitrogen and oxygen atoms in total. The van der Waals surface area contributed by atoms with Crippen molar-refractivity contribution < 1.29 is 9.18 Å². The van der Waals surface area contributed by atoms with E-state index in [0.29, 0.717) is 11.0 Å². The Balaban J connectivity index is 2.05. The number of carbonyl (C=O) groups excluding carboxylic acids is 1. The Labute approximate surface area is 119 Å². The molecule has 4 heteroatoms. The van der Waals surface area contributed by atoms with Crippen molar-refractivity contribution in [3.8, 4) is 0 Å². The van der Waals surface area contributed by atoms with Gasteiger partial charge in [0.25, 0.3) is 5.91 Å². The molecule has 0 bridgehead atoms. The topological polar surface area (TPSA) is 29.1 Å². The Morgan fingerprint density at radius 1 is 1.21 bits per heavy atom. The fourth-order valence-corrected chi connectivity index (χ4v) is 2.02. The van der Waals surface area contributed by atoms with Crippen LogP contribution in [0.1, 0.15) is 21.5 Å². The maximum atomic E-state index is 13.5. The van der Waals surface area contributed by atoms with Crippen molar-refractivity contribution in [1.82, 2.24) is 5.32 Å². The highest BCUT2D eigenvalue weighted by molar-refractivity contribution is 9.10. The summed E-state index contributed by atoms with van der Waals surface area (Å²) in [6.07, 6.45) is 0. The SMILES string of the molecule is Cc1ccc(CNC(=O)c2cc(Br)ccc2F)cc1. The summed E-state index contributed by atoms with van der Waals surface area (Å²) in [4.78, 5) is 11.9. The summed E-state index contributed by atoms with van der Waals surface area (Å²) in [5.74, 6) is -0.941. The van der Waals surface area contributed by atoms with E-state index in [1.54, 1.807) is 6.07 Å². The molecule has 0 aliphatic heterocycles. The normalized spacial score (nSPS) is 10.3. The minimum atomic E-state index is -0.524. The van der Waals surface area contributed by atoms with Gasteiger partial charge < -0.3 is 5.32 Å². The number of halogens is 2. The summed E-state index contributed by atoms with van der Waals surface area (Å²) in [6, 6.07) is 12.1. The van der Waals surface area contributed by atoms with Crippen LogP contribution in [0.2, 0.25) is 0 Å². The molecule has 0 aliphatic carbocycles. The summed E-state index contributed by atoms with van der Waals surface area (Å²) >= 11 is 3.22. The van der Waals surface area contributed by atoms with Crippen LogP contribution in [0.25, 0.3) is 0 Å². The van der Waals surface area contributed by atoms with Crippen LogP contribution >= 0.6 is 15.9 Å². The molecule has 0 radical (unpaired) electrons. The van der Waals surface area contributed by atoms with Crippen molar-refractivity contribution in [2.75, 3.05) is 0 Å². The molecular weight excluding hydrogens is 309 g/mol. The van der Waals surface area contributed by atoms with Gasteiger partial charge in [-0.25, -0.2) is 4.39 Å². The Kier molecular flexibility index (Phi) is 4.32. The second-order valence-corrected chi connectivity index (χ2v) is 5.21. The first kappa shape index (κ1) is 13.7. The average molecular weight is 322 g/mol. The van der Waals surface area contributed by atoms with E-state index in [1.165, 1.54) is 12.1 Å². The van der Waals surface area contributed by atoms with E-state index in [-0.39, 0.29) is 5.56 Å². The van der Waals surface area contributed by atoms with Crippen molar-refractivity contribution in [3.05, 3.63) is 69.4 Å². The van der Waals surface area contributed by atoms with E-state index in [4.69, 9.17) is 0 Å². The van der Waals surface area contributed by atoms with Gasteiger partial charge in [0.2, 0.25) is 0 Å². The number of hydrogen-bond acceptors (Lipinski definition) is 1. The number of rotatable bonds is 3. The zero-order chi connectivity index (χ0) is 13.8. The van der Waals surface area contributed by atoms with Crippen LogP contribution < -0.4 is 5.32 Å². The first-order chi connectivity index (χ1) is 9.06. The van der Waals surface area contributed by atoms with E-state index in [0.717, 1.165) is 11.1 Å². The number of nitrogens with one attached hydrogen (secondary N) is 1. The molecule has 0 atom stereocenters. The number of carbonyl (C=O) groups is 1. The molecule has 0 saturated heterocycles. The van der Waals surface area contributed by atoms with Crippen LogP contribution in [0.3, 0.4) is 0 Å². The molecular formula is C15H13BrFNO. The van der Waals surface area contributed by atoms with Gasteiger partial charge in [0, 0.05) is 11.0 Å². The quantitative estimate of drug-likeness (QED) is 0.914. The lowest BCUT2D eigenvalue weighted by atomic mass is 10.1. The molecule has 0 heterocycles. The van der Waals surface area contributed by atoms with Crippen LogP contribution in [-0.2, 0) is 6.54 Å². The molecule has 0 aliphatic rings. The highest BCUT2D eigenvalue weighted by atomic mass is 79.9. The summed E-state index contributed by atoms with van der Waals surface area (Å²) in [6.45, 7) is 2.38. The first-order valence-electron chi connectivity index (χ1n) is 5.85. The van der Waals surface area contributed by atoms with E-state index in [9.17, 15) is 9.18 Å². The average Bonchev–Trinajstić information content (AvgIpc) is 2.40. The number of benzene rings is 2. The molecule has 1 N–H and O–H groups in total. The van der Waals surface area contributed by atoms with Gasteiger partial charge in [-0.05, 0) is 30.7 Å².